The molecule has 5 heteroatoms. The molecule has 94 valence electrons. The van der Waals surface area contributed by atoms with Crippen LogP contribution in [0.2, 0.25) is 0 Å². The minimum Gasteiger partial charge on any atom is -0.481 e. The van der Waals surface area contributed by atoms with E-state index in [2.05, 4.69) is 0 Å². The number of amides is 1. The molecule has 0 aromatic heterocycles. The van der Waals surface area contributed by atoms with Crippen LogP contribution in [0.3, 0.4) is 0 Å². The topological polar surface area (TPSA) is 66.8 Å². The smallest absolute Gasteiger partial charge is 0.308 e. The van der Waals surface area contributed by atoms with Crippen molar-refractivity contribution in [2.75, 3.05) is 20.2 Å². The zero-order valence-electron chi connectivity index (χ0n) is 10.4. The van der Waals surface area contributed by atoms with Crippen molar-refractivity contribution in [3.05, 3.63) is 0 Å². The second-order valence-electron chi connectivity index (χ2n) is 3.81. The lowest BCUT2D eigenvalue weighted by molar-refractivity contribution is -0.146. The molecule has 0 radical (unpaired) electrons. The second-order valence-corrected chi connectivity index (χ2v) is 3.81. The number of nitrogens with zero attached hydrogens (tertiary/aromatic N) is 1. The van der Waals surface area contributed by atoms with Crippen molar-refractivity contribution < 1.29 is 19.4 Å². The van der Waals surface area contributed by atoms with Crippen LogP contribution in [0.1, 0.15) is 27.2 Å². The molecule has 0 aliphatic heterocycles. The molecule has 0 fully saturated rings. The Hall–Kier alpha value is -1.10. The zero-order chi connectivity index (χ0) is 12.7. The maximum Gasteiger partial charge on any atom is 0.308 e. The molecule has 0 aromatic rings. The minimum atomic E-state index is -0.899. The molecule has 0 spiro atoms. The van der Waals surface area contributed by atoms with E-state index in [1.54, 1.807) is 14.0 Å². The first-order valence-corrected chi connectivity index (χ1v) is 5.53. The van der Waals surface area contributed by atoms with Gasteiger partial charge in [0.15, 0.2) is 0 Å². The van der Waals surface area contributed by atoms with Crippen molar-refractivity contribution in [1.29, 1.82) is 0 Å². The number of carbonyl (C=O) groups is 2. The van der Waals surface area contributed by atoms with E-state index in [0.717, 1.165) is 0 Å². The first-order chi connectivity index (χ1) is 7.43. The number of carboxylic acid groups (broad SMARTS) is 1. The fraction of sp³-hybridized carbons (Fsp3) is 0.818. The average Bonchev–Trinajstić information content (AvgIpc) is 2.24. The van der Waals surface area contributed by atoms with Crippen molar-refractivity contribution in [2.24, 2.45) is 5.92 Å². The van der Waals surface area contributed by atoms with E-state index in [-0.39, 0.29) is 12.5 Å². The molecule has 2 atom stereocenters. The van der Waals surface area contributed by atoms with Crippen LogP contribution in [0, 0.1) is 5.92 Å². The third-order valence-electron chi connectivity index (χ3n) is 2.36. The fourth-order valence-corrected chi connectivity index (χ4v) is 1.39. The highest BCUT2D eigenvalue weighted by atomic mass is 16.5. The van der Waals surface area contributed by atoms with E-state index in [4.69, 9.17) is 9.84 Å². The van der Waals surface area contributed by atoms with E-state index in [1.807, 2.05) is 13.8 Å². The van der Waals surface area contributed by atoms with Crippen molar-refractivity contribution in [2.45, 2.75) is 33.3 Å². The standard InChI is InChI=1S/C11H21NO4/c1-5-9(16-6-2)10(13)12(4)7-8(3)11(14)15/h8-9H,5-7H2,1-4H3,(H,14,15). The highest BCUT2D eigenvalue weighted by Crippen LogP contribution is 2.05. The third-order valence-corrected chi connectivity index (χ3v) is 2.36. The molecule has 1 amide bonds. The maximum absolute atomic E-state index is 11.8. The van der Waals surface area contributed by atoms with E-state index < -0.39 is 18.0 Å². The Morgan fingerprint density at radius 2 is 1.94 bits per heavy atom. The van der Waals surface area contributed by atoms with Crippen LogP contribution < -0.4 is 0 Å². The van der Waals surface area contributed by atoms with E-state index in [9.17, 15) is 9.59 Å². The number of likely N-dealkylation sites (N-methyl/N-ethyl adjacent to an activating group) is 1. The number of carbonyl (C=O) groups excluding carboxylic acids is 1. The predicted molar refractivity (Wildman–Crippen MR) is 60.1 cm³/mol. The molecule has 0 bridgehead atoms. The maximum atomic E-state index is 11.8. The quantitative estimate of drug-likeness (QED) is 0.709. The van der Waals surface area contributed by atoms with Crippen LogP contribution in [-0.4, -0.2) is 48.2 Å². The molecular formula is C11H21NO4. The van der Waals surface area contributed by atoms with Gasteiger partial charge in [0.1, 0.15) is 6.10 Å². The van der Waals surface area contributed by atoms with Crippen molar-refractivity contribution in [3.8, 4) is 0 Å². The monoisotopic (exact) mass is 231 g/mol. The Kier molecular flexibility index (Phi) is 6.72. The number of aliphatic carboxylic acids is 1. The van der Waals surface area contributed by atoms with E-state index in [0.29, 0.717) is 13.0 Å². The lowest BCUT2D eigenvalue weighted by Crippen LogP contribution is -2.41. The van der Waals surface area contributed by atoms with Gasteiger partial charge in [-0.25, -0.2) is 0 Å². The van der Waals surface area contributed by atoms with Crippen molar-refractivity contribution >= 4 is 11.9 Å². The van der Waals surface area contributed by atoms with Crippen LogP contribution in [-0.2, 0) is 14.3 Å². The summed E-state index contributed by atoms with van der Waals surface area (Å²) >= 11 is 0. The molecule has 0 aliphatic rings. The van der Waals surface area contributed by atoms with E-state index in [1.165, 1.54) is 4.90 Å². The lowest BCUT2D eigenvalue weighted by atomic mass is 10.1. The minimum absolute atomic E-state index is 0.155. The summed E-state index contributed by atoms with van der Waals surface area (Å²) in [6.45, 7) is 5.96. The highest BCUT2D eigenvalue weighted by Gasteiger charge is 2.23. The summed E-state index contributed by atoms with van der Waals surface area (Å²) in [5.74, 6) is -1.62. The van der Waals surface area contributed by atoms with Crippen molar-refractivity contribution in [3.63, 3.8) is 0 Å². The van der Waals surface area contributed by atoms with Crippen molar-refractivity contribution in [1.82, 2.24) is 4.90 Å². The fourth-order valence-electron chi connectivity index (χ4n) is 1.39. The Bertz CT molecular complexity index is 242. The van der Waals surface area contributed by atoms with Gasteiger partial charge in [0.2, 0.25) is 0 Å². The molecule has 0 aliphatic carbocycles. The van der Waals surface area contributed by atoms with Gasteiger partial charge in [-0.1, -0.05) is 13.8 Å². The summed E-state index contributed by atoms with van der Waals surface area (Å²) in [6.07, 6.45) is 0.134. The third kappa shape index (κ3) is 4.61. The molecule has 5 nitrogen and oxygen atoms in total. The number of ether oxygens (including phenoxy) is 1. The van der Waals surface area contributed by atoms with Gasteiger partial charge in [0, 0.05) is 20.2 Å². The van der Waals surface area contributed by atoms with Crippen LogP contribution in [0.4, 0.5) is 0 Å². The normalized spacial score (nSPS) is 14.2. The second kappa shape index (κ2) is 7.22. The summed E-state index contributed by atoms with van der Waals surface area (Å²) in [4.78, 5) is 23.9. The number of rotatable bonds is 7. The first kappa shape index (κ1) is 14.9. The van der Waals surface area contributed by atoms with Crippen LogP contribution in [0.15, 0.2) is 0 Å². The number of carboxylic acids is 1. The van der Waals surface area contributed by atoms with Crippen LogP contribution in [0.25, 0.3) is 0 Å². The molecule has 0 saturated heterocycles. The van der Waals surface area contributed by atoms with Gasteiger partial charge in [0.25, 0.3) is 5.91 Å². The van der Waals surface area contributed by atoms with Gasteiger partial charge in [-0.3, -0.25) is 9.59 Å². The first-order valence-electron chi connectivity index (χ1n) is 5.53. The van der Waals surface area contributed by atoms with Gasteiger partial charge < -0.3 is 14.7 Å². The Morgan fingerprint density at radius 1 is 1.38 bits per heavy atom. The SMILES string of the molecule is CCOC(CC)C(=O)N(C)CC(C)C(=O)O. The zero-order valence-corrected chi connectivity index (χ0v) is 10.4. The van der Waals surface area contributed by atoms with E-state index >= 15 is 0 Å². The Labute approximate surface area is 96.4 Å². The summed E-state index contributed by atoms with van der Waals surface area (Å²) in [5.41, 5.74) is 0. The molecule has 1 N–H and O–H groups in total. The van der Waals surface area contributed by atoms with Gasteiger partial charge in [-0.05, 0) is 13.3 Å². The Morgan fingerprint density at radius 3 is 2.31 bits per heavy atom. The summed E-state index contributed by atoms with van der Waals surface area (Å²) in [5, 5.41) is 8.74. The molecular weight excluding hydrogens is 210 g/mol. The summed E-state index contributed by atoms with van der Waals surface area (Å²) in [6, 6.07) is 0. The van der Waals surface area contributed by atoms with Gasteiger partial charge >= 0.3 is 5.97 Å². The number of hydrogen-bond donors (Lipinski definition) is 1. The molecule has 0 saturated carbocycles. The Balaban J connectivity index is 4.30. The predicted octanol–water partition coefficient (Wildman–Crippen LogP) is 0.981. The van der Waals surface area contributed by atoms with Crippen LogP contribution in [0.5, 0.6) is 0 Å². The molecule has 0 aromatic carbocycles. The molecule has 16 heavy (non-hydrogen) atoms. The summed E-state index contributed by atoms with van der Waals surface area (Å²) < 4.78 is 5.28. The average molecular weight is 231 g/mol. The molecule has 2 unspecified atom stereocenters. The largest absolute Gasteiger partial charge is 0.481 e. The van der Waals surface area contributed by atoms with Gasteiger partial charge in [-0.2, -0.15) is 0 Å². The van der Waals surface area contributed by atoms with Gasteiger partial charge in [0.05, 0.1) is 5.92 Å². The van der Waals surface area contributed by atoms with Gasteiger partial charge in [-0.15, -0.1) is 0 Å². The number of hydrogen-bond acceptors (Lipinski definition) is 3. The molecule has 0 heterocycles. The summed E-state index contributed by atoms with van der Waals surface area (Å²) in [7, 11) is 1.60. The molecule has 0 rings (SSSR count). The highest BCUT2D eigenvalue weighted by molar-refractivity contribution is 5.81. The van der Waals surface area contributed by atoms with Crippen LogP contribution >= 0.6 is 0 Å². The lowest BCUT2D eigenvalue weighted by Gasteiger charge is -2.24.